The highest BCUT2D eigenvalue weighted by Gasteiger charge is 2.11. The molecule has 0 fully saturated rings. The van der Waals surface area contributed by atoms with Crippen LogP contribution in [0.2, 0.25) is 0 Å². The summed E-state index contributed by atoms with van der Waals surface area (Å²) in [5.74, 6) is 0.550. The standard InChI is InChI=1S/C10H16N2O/c1-7(2)8(3)12-6-5-10(11-12)9(4)13/h5-8H,1-4H3. The summed E-state index contributed by atoms with van der Waals surface area (Å²) in [6, 6.07) is 2.11. The molecule has 0 amide bonds. The Bertz CT molecular complexity index is 302. The fraction of sp³-hybridized carbons (Fsp3) is 0.600. The first-order valence-electron chi connectivity index (χ1n) is 4.58. The van der Waals surface area contributed by atoms with E-state index in [4.69, 9.17) is 0 Å². The van der Waals surface area contributed by atoms with E-state index in [1.807, 2.05) is 10.9 Å². The van der Waals surface area contributed by atoms with Crippen LogP contribution in [0, 0.1) is 5.92 Å². The van der Waals surface area contributed by atoms with Gasteiger partial charge in [-0.25, -0.2) is 0 Å². The van der Waals surface area contributed by atoms with Crippen LogP contribution in [0.1, 0.15) is 44.2 Å². The number of rotatable bonds is 3. The summed E-state index contributed by atoms with van der Waals surface area (Å²) in [5.41, 5.74) is 0.549. The van der Waals surface area contributed by atoms with Crippen LogP contribution < -0.4 is 0 Å². The maximum Gasteiger partial charge on any atom is 0.179 e. The van der Waals surface area contributed by atoms with Crippen molar-refractivity contribution in [2.24, 2.45) is 5.92 Å². The van der Waals surface area contributed by atoms with Crippen LogP contribution in [-0.4, -0.2) is 15.6 Å². The van der Waals surface area contributed by atoms with Gasteiger partial charge in [-0.1, -0.05) is 13.8 Å². The van der Waals surface area contributed by atoms with Crippen LogP contribution >= 0.6 is 0 Å². The first-order chi connectivity index (χ1) is 6.02. The van der Waals surface area contributed by atoms with Crippen molar-refractivity contribution in [3.63, 3.8) is 0 Å². The summed E-state index contributed by atoms with van der Waals surface area (Å²) in [6.45, 7) is 7.91. The molecule has 1 aromatic rings. The molecular formula is C10H16N2O. The molecule has 0 radical (unpaired) electrons. The molecule has 1 aromatic heterocycles. The highest BCUT2D eigenvalue weighted by Crippen LogP contribution is 2.15. The Morgan fingerprint density at radius 2 is 2.08 bits per heavy atom. The molecule has 1 rings (SSSR count). The van der Waals surface area contributed by atoms with Gasteiger partial charge in [-0.15, -0.1) is 0 Å². The molecular weight excluding hydrogens is 164 g/mol. The van der Waals surface area contributed by atoms with Crippen molar-refractivity contribution >= 4 is 5.78 Å². The van der Waals surface area contributed by atoms with E-state index >= 15 is 0 Å². The van der Waals surface area contributed by atoms with Gasteiger partial charge in [0.15, 0.2) is 5.78 Å². The minimum absolute atomic E-state index is 0.0229. The van der Waals surface area contributed by atoms with Crippen LogP contribution in [0.15, 0.2) is 12.3 Å². The van der Waals surface area contributed by atoms with Gasteiger partial charge in [-0.05, 0) is 18.9 Å². The van der Waals surface area contributed by atoms with Gasteiger partial charge in [0.2, 0.25) is 0 Å². The summed E-state index contributed by atoms with van der Waals surface area (Å²) in [7, 11) is 0. The second kappa shape index (κ2) is 3.73. The summed E-state index contributed by atoms with van der Waals surface area (Å²) in [4.78, 5) is 11.0. The second-order valence-corrected chi connectivity index (χ2v) is 3.72. The Labute approximate surface area is 78.8 Å². The molecule has 1 unspecified atom stereocenters. The molecule has 0 spiro atoms. The Balaban J connectivity index is 2.85. The summed E-state index contributed by atoms with van der Waals surface area (Å²) < 4.78 is 1.85. The van der Waals surface area contributed by atoms with Crippen LogP contribution in [0.5, 0.6) is 0 Å². The van der Waals surface area contributed by atoms with E-state index in [2.05, 4.69) is 25.9 Å². The molecule has 1 atom stereocenters. The summed E-state index contributed by atoms with van der Waals surface area (Å²) in [6.07, 6.45) is 1.86. The van der Waals surface area contributed by atoms with Crippen LogP contribution in [0.4, 0.5) is 0 Å². The lowest BCUT2D eigenvalue weighted by atomic mass is 10.1. The number of hydrogen-bond acceptors (Lipinski definition) is 2. The molecule has 0 aliphatic heterocycles. The lowest BCUT2D eigenvalue weighted by Crippen LogP contribution is -2.12. The van der Waals surface area contributed by atoms with Gasteiger partial charge in [-0.3, -0.25) is 9.48 Å². The topological polar surface area (TPSA) is 34.9 Å². The molecule has 0 aliphatic rings. The van der Waals surface area contributed by atoms with Gasteiger partial charge in [-0.2, -0.15) is 5.10 Å². The van der Waals surface area contributed by atoms with E-state index in [0.717, 1.165) is 0 Å². The van der Waals surface area contributed by atoms with Crippen molar-refractivity contribution in [2.45, 2.75) is 33.7 Å². The normalized spacial score (nSPS) is 13.3. The maximum absolute atomic E-state index is 11.0. The molecule has 1 heterocycles. The molecule has 0 saturated heterocycles. The van der Waals surface area contributed by atoms with Gasteiger partial charge < -0.3 is 0 Å². The molecule has 0 bridgehead atoms. The number of carbonyl (C=O) groups excluding carboxylic acids is 1. The van der Waals surface area contributed by atoms with E-state index < -0.39 is 0 Å². The Morgan fingerprint density at radius 1 is 1.46 bits per heavy atom. The quantitative estimate of drug-likeness (QED) is 0.669. The van der Waals surface area contributed by atoms with Gasteiger partial charge in [0, 0.05) is 13.1 Å². The van der Waals surface area contributed by atoms with Crippen molar-refractivity contribution in [1.82, 2.24) is 9.78 Å². The van der Waals surface area contributed by atoms with Gasteiger partial charge >= 0.3 is 0 Å². The molecule has 72 valence electrons. The van der Waals surface area contributed by atoms with Crippen LogP contribution in [-0.2, 0) is 0 Å². The van der Waals surface area contributed by atoms with E-state index in [9.17, 15) is 4.79 Å². The SMILES string of the molecule is CC(=O)c1ccn(C(C)C(C)C)n1. The highest BCUT2D eigenvalue weighted by atomic mass is 16.1. The third-order valence-electron chi connectivity index (χ3n) is 2.35. The molecule has 0 N–H and O–H groups in total. The van der Waals surface area contributed by atoms with E-state index in [-0.39, 0.29) is 5.78 Å². The average Bonchev–Trinajstić information content (AvgIpc) is 2.50. The predicted molar refractivity (Wildman–Crippen MR) is 51.8 cm³/mol. The maximum atomic E-state index is 11.0. The van der Waals surface area contributed by atoms with Crippen molar-refractivity contribution in [3.05, 3.63) is 18.0 Å². The number of ketones is 1. The van der Waals surface area contributed by atoms with Crippen molar-refractivity contribution < 1.29 is 4.79 Å². The molecule has 0 aliphatic carbocycles. The average molecular weight is 180 g/mol. The lowest BCUT2D eigenvalue weighted by molar-refractivity contribution is 0.101. The number of nitrogens with zero attached hydrogens (tertiary/aromatic N) is 2. The number of aromatic nitrogens is 2. The zero-order chi connectivity index (χ0) is 10.0. The minimum Gasteiger partial charge on any atom is -0.293 e. The Kier molecular flexibility index (Phi) is 2.86. The van der Waals surface area contributed by atoms with Crippen molar-refractivity contribution in [3.8, 4) is 0 Å². The van der Waals surface area contributed by atoms with E-state index in [1.165, 1.54) is 6.92 Å². The fourth-order valence-corrected chi connectivity index (χ4v) is 1.06. The largest absolute Gasteiger partial charge is 0.293 e. The number of Topliss-reactive ketones (excluding diaryl/α,β-unsaturated/α-hetero) is 1. The van der Waals surface area contributed by atoms with Gasteiger partial charge in [0.25, 0.3) is 0 Å². The van der Waals surface area contributed by atoms with E-state index in [1.54, 1.807) is 6.07 Å². The minimum atomic E-state index is 0.0229. The van der Waals surface area contributed by atoms with Crippen LogP contribution in [0.25, 0.3) is 0 Å². The van der Waals surface area contributed by atoms with Crippen molar-refractivity contribution in [1.29, 1.82) is 0 Å². The molecule has 3 heteroatoms. The first kappa shape index (κ1) is 9.96. The molecule has 0 saturated carbocycles. The third kappa shape index (κ3) is 2.17. The second-order valence-electron chi connectivity index (χ2n) is 3.72. The van der Waals surface area contributed by atoms with Crippen molar-refractivity contribution in [2.75, 3.05) is 0 Å². The summed E-state index contributed by atoms with van der Waals surface area (Å²) in [5, 5.41) is 4.20. The third-order valence-corrected chi connectivity index (χ3v) is 2.35. The Morgan fingerprint density at radius 3 is 2.46 bits per heavy atom. The highest BCUT2D eigenvalue weighted by molar-refractivity contribution is 5.91. The Hall–Kier alpha value is -1.12. The van der Waals surface area contributed by atoms with Gasteiger partial charge in [0.05, 0.1) is 6.04 Å². The van der Waals surface area contributed by atoms with E-state index in [0.29, 0.717) is 17.7 Å². The predicted octanol–water partition coefficient (Wildman–Crippen LogP) is 2.30. The monoisotopic (exact) mass is 180 g/mol. The number of hydrogen-bond donors (Lipinski definition) is 0. The summed E-state index contributed by atoms with van der Waals surface area (Å²) >= 11 is 0. The number of carbonyl (C=O) groups is 1. The first-order valence-corrected chi connectivity index (χ1v) is 4.58. The molecule has 3 nitrogen and oxygen atoms in total. The molecule has 0 aromatic carbocycles. The van der Waals surface area contributed by atoms with Crippen LogP contribution in [0.3, 0.4) is 0 Å². The lowest BCUT2D eigenvalue weighted by Gasteiger charge is -2.15. The van der Waals surface area contributed by atoms with Gasteiger partial charge in [0.1, 0.15) is 5.69 Å². The smallest absolute Gasteiger partial charge is 0.179 e. The zero-order valence-corrected chi connectivity index (χ0v) is 8.61. The zero-order valence-electron chi connectivity index (χ0n) is 8.61. The fourth-order valence-electron chi connectivity index (χ4n) is 1.06. The molecule has 13 heavy (non-hydrogen) atoms.